The maximum Gasteiger partial charge on any atom is 1.00 e. The zero-order valence-corrected chi connectivity index (χ0v) is 8.76. The summed E-state index contributed by atoms with van der Waals surface area (Å²) in [5, 5.41) is 10.7. The minimum atomic E-state index is -4.56. The van der Waals surface area contributed by atoms with Crippen molar-refractivity contribution in [3.63, 3.8) is 0 Å². The first-order valence-corrected chi connectivity index (χ1v) is 4.87. The zero-order valence-electron chi connectivity index (χ0n) is 7.19. The number of benzene rings is 1. The zero-order chi connectivity index (χ0) is 10.2. The van der Waals surface area contributed by atoms with Crippen molar-refractivity contribution in [1.82, 2.24) is 0 Å². The molecule has 0 atom stereocenters. The van der Waals surface area contributed by atoms with E-state index in [1.54, 1.807) is 0 Å². The Balaban J connectivity index is 0.00000169. The summed E-state index contributed by atoms with van der Waals surface area (Å²) in [5.74, 6) is -0.960. The van der Waals surface area contributed by atoms with E-state index in [1.807, 2.05) is 0 Å². The number of nitrogen functional groups attached to an aromatic ring is 1. The van der Waals surface area contributed by atoms with Crippen LogP contribution in [0.5, 0.6) is 5.75 Å². The van der Waals surface area contributed by atoms with Gasteiger partial charge in [0, 0.05) is 10.7 Å². The molecule has 0 heterocycles. The van der Waals surface area contributed by atoms with Gasteiger partial charge in [-0.2, -0.15) is 8.42 Å². The van der Waals surface area contributed by atoms with Crippen LogP contribution in [-0.2, 0) is 10.1 Å². The molecule has 8 heteroatoms. The maximum atomic E-state index is 11.0. The maximum absolute atomic E-state index is 11.0. The second-order valence-corrected chi connectivity index (χ2v) is 4.10. The normalized spacial score (nSPS) is 10.7. The van der Waals surface area contributed by atoms with Crippen molar-refractivity contribution in [3.05, 3.63) is 17.2 Å². The Morgan fingerprint density at radius 3 is 2.36 bits per heavy atom. The van der Waals surface area contributed by atoms with Crippen LogP contribution in [0.1, 0.15) is 0 Å². The van der Waals surface area contributed by atoms with E-state index in [0.29, 0.717) is 0 Å². The molecule has 5 nitrogen and oxygen atoms in total. The summed E-state index contributed by atoms with van der Waals surface area (Å²) in [6.07, 6.45) is 0. The molecule has 0 saturated carbocycles. The molecule has 0 fully saturated rings. The average Bonchev–Trinajstić information content (AvgIpc) is 1.94. The van der Waals surface area contributed by atoms with Crippen LogP contribution in [0.2, 0.25) is 5.02 Å². The van der Waals surface area contributed by atoms with E-state index >= 15 is 0 Å². The summed E-state index contributed by atoms with van der Waals surface area (Å²) < 4.78 is 29.8. The van der Waals surface area contributed by atoms with E-state index in [2.05, 4.69) is 0 Å². The summed E-state index contributed by atoms with van der Waals surface area (Å²) in [7, 11) is -4.56. The third-order valence-electron chi connectivity index (χ3n) is 1.31. The number of anilines is 1. The van der Waals surface area contributed by atoms with Gasteiger partial charge in [-0.25, -0.2) is 0 Å². The smallest absolute Gasteiger partial charge is 0.871 e. The molecule has 14 heavy (non-hydrogen) atoms. The van der Waals surface area contributed by atoms with Crippen LogP contribution in [-0.4, -0.2) is 13.0 Å². The number of nitrogens with two attached hydrogens (primary N) is 1. The molecule has 0 radical (unpaired) electrons. The molecule has 0 aliphatic rings. The van der Waals surface area contributed by atoms with Crippen LogP contribution in [0.3, 0.4) is 0 Å². The van der Waals surface area contributed by atoms with Gasteiger partial charge in [0.25, 0.3) is 10.1 Å². The topological polar surface area (TPSA) is 103 Å². The third kappa shape index (κ3) is 2.80. The van der Waals surface area contributed by atoms with Crippen molar-refractivity contribution in [2.45, 2.75) is 4.90 Å². The first-order chi connectivity index (χ1) is 5.82. The molecule has 0 aromatic heterocycles. The van der Waals surface area contributed by atoms with Gasteiger partial charge in [0.15, 0.2) is 0 Å². The Kier molecular flexibility index (Phi) is 4.30. The summed E-state index contributed by atoms with van der Waals surface area (Å²) in [4.78, 5) is -0.808. The van der Waals surface area contributed by atoms with Crippen molar-refractivity contribution in [2.75, 3.05) is 5.73 Å². The van der Waals surface area contributed by atoms with Crippen LogP contribution in [0.4, 0.5) is 5.69 Å². The molecule has 0 aliphatic carbocycles. The quantitative estimate of drug-likeness (QED) is 0.309. The summed E-state index contributed by atoms with van der Waals surface area (Å²) in [6, 6.07) is 1.96. The SMILES string of the molecule is Nc1cc(Cl)c([O-])c(S(=O)(=O)O)c1.[Li+]. The largest absolute Gasteiger partial charge is 1.00 e. The van der Waals surface area contributed by atoms with Gasteiger partial charge in [-0.1, -0.05) is 17.4 Å². The van der Waals surface area contributed by atoms with Gasteiger partial charge in [-0.3, -0.25) is 4.55 Å². The molecule has 0 amide bonds. The Bertz CT molecular complexity index is 447. The molecule has 1 aromatic rings. The van der Waals surface area contributed by atoms with Crippen molar-refractivity contribution >= 4 is 27.4 Å². The molecule has 1 rings (SSSR count). The van der Waals surface area contributed by atoms with Crippen molar-refractivity contribution in [1.29, 1.82) is 0 Å². The van der Waals surface area contributed by atoms with Gasteiger partial charge in [0.2, 0.25) is 0 Å². The second-order valence-electron chi connectivity index (χ2n) is 2.31. The monoisotopic (exact) mass is 229 g/mol. The summed E-state index contributed by atoms with van der Waals surface area (Å²) in [5.41, 5.74) is 5.22. The second kappa shape index (κ2) is 4.42. The van der Waals surface area contributed by atoms with E-state index in [0.717, 1.165) is 12.1 Å². The molecule has 72 valence electrons. The minimum Gasteiger partial charge on any atom is -0.871 e. The predicted molar refractivity (Wildman–Crippen MR) is 45.1 cm³/mol. The first-order valence-electron chi connectivity index (χ1n) is 3.06. The summed E-state index contributed by atoms with van der Waals surface area (Å²) >= 11 is 5.36. The molecule has 0 spiro atoms. The fraction of sp³-hybridized carbons (Fsp3) is 0. The Hall–Kier alpha value is -0.383. The third-order valence-corrected chi connectivity index (χ3v) is 2.45. The fourth-order valence-electron chi connectivity index (χ4n) is 0.780. The standard InChI is InChI=1S/C6H6ClNO4S.Li/c7-4-1-3(8)2-5(6(4)9)13(10,11)12;/h1-2,9H,8H2,(H,10,11,12);/q;+1/p-1. The molecule has 0 bridgehead atoms. The fourth-order valence-corrected chi connectivity index (χ4v) is 1.69. The van der Waals surface area contributed by atoms with E-state index < -0.39 is 20.8 Å². The number of rotatable bonds is 1. The van der Waals surface area contributed by atoms with Gasteiger partial charge in [-0.15, -0.1) is 0 Å². The van der Waals surface area contributed by atoms with Gasteiger partial charge >= 0.3 is 18.9 Å². The molecular formula is C6H5ClLiNO4S. The van der Waals surface area contributed by atoms with Crippen molar-refractivity contribution in [2.24, 2.45) is 0 Å². The van der Waals surface area contributed by atoms with Gasteiger partial charge in [0.1, 0.15) is 0 Å². The van der Waals surface area contributed by atoms with Crippen LogP contribution >= 0.6 is 11.6 Å². The predicted octanol–water partition coefficient (Wildman–Crippen LogP) is -2.75. The van der Waals surface area contributed by atoms with Crippen LogP contribution < -0.4 is 29.7 Å². The van der Waals surface area contributed by atoms with Gasteiger partial charge < -0.3 is 10.8 Å². The number of hydrogen-bond acceptors (Lipinski definition) is 4. The molecule has 0 unspecified atom stereocenters. The molecule has 1 aromatic carbocycles. The van der Waals surface area contributed by atoms with Crippen molar-refractivity contribution < 1.29 is 36.9 Å². The van der Waals surface area contributed by atoms with E-state index in [9.17, 15) is 13.5 Å². The first kappa shape index (κ1) is 13.6. The van der Waals surface area contributed by atoms with Crippen LogP contribution in [0.15, 0.2) is 17.0 Å². The van der Waals surface area contributed by atoms with E-state index in [-0.39, 0.29) is 29.6 Å². The van der Waals surface area contributed by atoms with Gasteiger partial charge in [0.05, 0.1) is 4.90 Å². The number of halogens is 1. The van der Waals surface area contributed by atoms with Crippen LogP contribution in [0.25, 0.3) is 0 Å². The molecule has 0 saturated heterocycles. The van der Waals surface area contributed by atoms with Gasteiger partial charge in [-0.05, 0) is 12.1 Å². The van der Waals surface area contributed by atoms with E-state index in [1.165, 1.54) is 0 Å². The summed E-state index contributed by atoms with van der Waals surface area (Å²) in [6.45, 7) is 0. The Labute approximate surface area is 97.8 Å². The molecule has 0 aliphatic heterocycles. The minimum absolute atomic E-state index is 0. The average molecular weight is 230 g/mol. The van der Waals surface area contributed by atoms with Crippen LogP contribution in [0, 0.1) is 0 Å². The van der Waals surface area contributed by atoms with E-state index in [4.69, 9.17) is 21.9 Å². The Morgan fingerprint density at radius 2 is 1.93 bits per heavy atom. The number of hydrogen-bond donors (Lipinski definition) is 2. The van der Waals surface area contributed by atoms with Crippen molar-refractivity contribution in [3.8, 4) is 5.75 Å². The Morgan fingerprint density at radius 1 is 1.43 bits per heavy atom. The molecular weight excluding hydrogens is 225 g/mol. The molecule has 3 N–H and O–H groups in total.